The maximum absolute atomic E-state index is 10.0. The van der Waals surface area contributed by atoms with E-state index in [0.29, 0.717) is 16.7 Å². The number of aromatic nitrogens is 2. The Labute approximate surface area is 287 Å². The maximum Gasteiger partial charge on any atom is 0.0992 e. The summed E-state index contributed by atoms with van der Waals surface area (Å²) in [6, 6.07) is 57.9. The summed E-state index contributed by atoms with van der Waals surface area (Å²) >= 11 is 0. The number of nitriles is 3. The van der Waals surface area contributed by atoms with Gasteiger partial charge in [-0.05, 0) is 89.5 Å². The Morgan fingerprint density at radius 3 is 1.76 bits per heavy atom. The van der Waals surface area contributed by atoms with E-state index in [1.54, 1.807) is 0 Å². The van der Waals surface area contributed by atoms with Crippen molar-refractivity contribution in [2.75, 3.05) is 0 Å². The van der Waals surface area contributed by atoms with Gasteiger partial charge in [0.1, 0.15) is 0 Å². The topological polar surface area (TPSA) is 81.2 Å². The smallest absolute Gasteiger partial charge is 0.0992 e. The molecule has 230 valence electrons. The first kappa shape index (κ1) is 28.8. The molecular weight excluding hydrogens is 611 g/mol. The Hall–Kier alpha value is -7.39. The first-order valence-corrected chi connectivity index (χ1v) is 16.3. The van der Waals surface area contributed by atoms with Gasteiger partial charge in [-0.1, -0.05) is 78.9 Å². The molecule has 0 aliphatic heterocycles. The zero-order chi connectivity index (χ0) is 33.8. The largest absolute Gasteiger partial charge is 0.309 e. The number of rotatable bonds is 4. The zero-order valence-corrected chi connectivity index (χ0v) is 26.7. The third kappa shape index (κ3) is 4.38. The van der Waals surface area contributed by atoms with Gasteiger partial charge in [0.25, 0.3) is 0 Å². The molecule has 5 heteroatoms. The van der Waals surface area contributed by atoms with E-state index >= 15 is 0 Å². The Morgan fingerprint density at radius 2 is 0.960 bits per heavy atom. The molecule has 0 bridgehead atoms. The third-order valence-corrected chi connectivity index (χ3v) is 9.60. The first-order chi connectivity index (χ1) is 24.7. The van der Waals surface area contributed by atoms with Gasteiger partial charge < -0.3 is 9.13 Å². The van der Waals surface area contributed by atoms with Crippen LogP contribution in [0.5, 0.6) is 0 Å². The standard InChI is InChI=1S/C45H25N5/c46-26-29-16-19-34(35-10-1-5-14-42(35)50-43-15-6-3-12-37(43)40-23-30(27-47)18-21-44(40)50)39(22-29)32-8-7-9-33(25-32)49-41-13-4-2-11-36(41)38-20-17-31(28-48)24-45(38)49/h1-25H. The van der Waals surface area contributed by atoms with Crippen LogP contribution in [0.25, 0.3) is 77.2 Å². The molecule has 0 fully saturated rings. The lowest BCUT2D eigenvalue weighted by atomic mass is 9.91. The monoisotopic (exact) mass is 635 g/mol. The highest BCUT2D eigenvalue weighted by Crippen LogP contribution is 2.41. The molecular formula is C45H25N5. The molecule has 0 saturated heterocycles. The Balaban J connectivity index is 1.29. The lowest BCUT2D eigenvalue weighted by Gasteiger charge is -2.18. The SMILES string of the molecule is N#Cc1ccc(-c2ccccc2-n2c3ccccc3c3cc(C#N)ccc32)c(-c2cccc(-n3c4ccccc4c4ccc(C#N)cc43)c2)c1. The van der Waals surface area contributed by atoms with Gasteiger partial charge in [0, 0.05) is 32.8 Å². The molecule has 2 heterocycles. The average Bonchev–Trinajstić information content (AvgIpc) is 3.69. The van der Waals surface area contributed by atoms with E-state index in [1.807, 2.05) is 97.1 Å². The van der Waals surface area contributed by atoms with Gasteiger partial charge in [0.2, 0.25) is 0 Å². The molecule has 7 aromatic carbocycles. The van der Waals surface area contributed by atoms with Crippen LogP contribution in [0, 0.1) is 34.0 Å². The second-order valence-electron chi connectivity index (χ2n) is 12.3. The minimum absolute atomic E-state index is 0.572. The molecule has 50 heavy (non-hydrogen) atoms. The van der Waals surface area contributed by atoms with Crippen LogP contribution in [0.2, 0.25) is 0 Å². The second kappa shape index (κ2) is 11.4. The first-order valence-electron chi connectivity index (χ1n) is 16.3. The lowest BCUT2D eigenvalue weighted by Crippen LogP contribution is -1.99. The van der Waals surface area contributed by atoms with E-state index in [4.69, 9.17) is 0 Å². The molecule has 0 aliphatic carbocycles. The molecule has 0 atom stereocenters. The molecule has 9 aromatic rings. The number of para-hydroxylation sites is 3. The van der Waals surface area contributed by atoms with Crippen LogP contribution < -0.4 is 0 Å². The van der Waals surface area contributed by atoms with E-state index in [1.165, 1.54) is 0 Å². The fraction of sp³-hybridized carbons (Fsp3) is 0. The minimum Gasteiger partial charge on any atom is -0.309 e. The van der Waals surface area contributed by atoms with Gasteiger partial charge in [-0.2, -0.15) is 15.8 Å². The summed E-state index contributed by atoms with van der Waals surface area (Å²) in [6.07, 6.45) is 0. The van der Waals surface area contributed by atoms with Crippen LogP contribution in [0.1, 0.15) is 16.7 Å². The van der Waals surface area contributed by atoms with E-state index in [2.05, 4.69) is 81.9 Å². The van der Waals surface area contributed by atoms with E-state index in [-0.39, 0.29) is 0 Å². The number of hydrogen-bond acceptors (Lipinski definition) is 3. The van der Waals surface area contributed by atoms with Gasteiger partial charge >= 0.3 is 0 Å². The molecule has 0 spiro atoms. The van der Waals surface area contributed by atoms with Gasteiger partial charge in [0.05, 0.1) is 62.7 Å². The summed E-state index contributed by atoms with van der Waals surface area (Å²) in [6.45, 7) is 0. The zero-order valence-electron chi connectivity index (χ0n) is 26.7. The summed E-state index contributed by atoms with van der Waals surface area (Å²) in [7, 11) is 0. The van der Waals surface area contributed by atoms with E-state index in [9.17, 15) is 15.8 Å². The van der Waals surface area contributed by atoms with Gasteiger partial charge in [-0.3, -0.25) is 0 Å². The predicted molar refractivity (Wildman–Crippen MR) is 200 cm³/mol. The number of nitrogens with zero attached hydrogens (tertiary/aromatic N) is 5. The molecule has 0 N–H and O–H groups in total. The van der Waals surface area contributed by atoms with Crippen LogP contribution in [0.4, 0.5) is 0 Å². The quantitative estimate of drug-likeness (QED) is 0.193. The van der Waals surface area contributed by atoms with Gasteiger partial charge in [0.15, 0.2) is 0 Å². The fourth-order valence-corrected chi connectivity index (χ4v) is 7.42. The average molecular weight is 636 g/mol. The van der Waals surface area contributed by atoms with Crippen molar-refractivity contribution in [2.24, 2.45) is 0 Å². The van der Waals surface area contributed by atoms with Crippen LogP contribution in [-0.4, -0.2) is 9.13 Å². The van der Waals surface area contributed by atoms with Crippen molar-refractivity contribution in [3.05, 3.63) is 168 Å². The summed E-state index contributed by atoms with van der Waals surface area (Å²) in [5.74, 6) is 0. The Kier molecular flexibility index (Phi) is 6.56. The summed E-state index contributed by atoms with van der Waals surface area (Å²) in [5, 5.41) is 33.8. The van der Waals surface area contributed by atoms with Crippen molar-refractivity contribution >= 4 is 43.6 Å². The highest BCUT2D eigenvalue weighted by molar-refractivity contribution is 6.11. The van der Waals surface area contributed by atoms with Crippen molar-refractivity contribution in [3.8, 4) is 51.8 Å². The van der Waals surface area contributed by atoms with Crippen LogP contribution >= 0.6 is 0 Å². The number of benzene rings is 7. The molecule has 0 radical (unpaired) electrons. The number of hydrogen-bond donors (Lipinski definition) is 0. The molecule has 0 unspecified atom stereocenters. The van der Waals surface area contributed by atoms with Crippen molar-refractivity contribution in [1.82, 2.24) is 9.13 Å². The highest BCUT2D eigenvalue weighted by atomic mass is 15.0. The lowest BCUT2D eigenvalue weighted by molar-refractivity contribution is 1.18. The Bertz CT molecular complexity index is 2970. The second-order valence-corrected chi connectivity index (χ2v) is 12.3. The van der Waals surface area contributed by atoms with Crippen LogP contribution in [0.3, 0.4) is 0 Å². The maximum atomic E-state index is 10.0. The minimum atomic E-state index is 0.572. The van der Waals surface area contributed by atoms with Crippen molar-refractivity contribution < 1.29 is 0 Å². The molecule has 0 aliphatic rings. The Morgan fingerprint density at radius 1 is 0.360 bits per heavy atom. The van der Waals surface area contributed by atoms with Gasteiger partial charge in [-0.15, -0.1) is 0 Å². The molecule has 0 amide bonds. The molecule has 0 saturated carbocycles. The molecule has 9 rings (SSSR count). The molecule has 2 aromatic heterocycles. The van der Waals surface area contributed by atoms with Crippen molar-refractivity contribution in [2.45, 2.75) is 0 Å². The van der Waals surface area contributed by atoms with E-state index < -0.39 is 0 Å². The van der Waals surface area contributed by atoms with Crippen molar-refractivity contribution in [1.29, 1.82) is 15.8 Å². The summed E-state index contributed by atoms with van der Waals surface area (Å²) in [5.41, 5.74) is 11.7. The predicted octanol–water partition coefficient (Wildman–Crippen LogP) is 10.8. The van der Waals surface area contributed by atoms with Crippen LogP contribution in [0.15, 0.2) is 152 Å². The van der Waals surface area contributed by atoms with Gasteiger partial charge in [-0.25, -0.2) is 0 Å². The third-order valence-electron chi connectivity index (χ3n) is 9.60. The normalized spacial score (nSPS) is 11.1. The van der Waals surface area contributed by atoms with E-state index in [0.717, 1.165) is 77.2 Å². The molecule has 5 nitrogen and oxygen atoms in total. The summed E-state index contributed by atoms with van der Waals surface area (Å²) in [4.78, 5) is 0. The fourth-order valence-electron chi connectivity index (χ4n) is 7.42. The number of fused-ring (bicyclic) bond motifs is 6. The highest BCUT2D eigenvalue weighted by Gasteiger charge is 2.19. The van der Waals surface area contributed by atoms with Crippen molar-refractivity contribution in [3.63, 3.8) is 0 Å². The van der Waals surface area contributed by atoms with Crippen LogP contribution in [-0.2, 0) is 0 Å². The summed E-state index contributed by atoms with van der Waals surface area (Å²) < 4.78 is 4.48.